The zero-order valence-corrected chi connectivity index (χ0v) is 18.6. The number of hydrogen-bond donors (Lipinski definition) is 1. The maximum absolute atomic E-state index is 6.36. The molecule has 0 amide bonds. The summed E-state index contributed by atoms with van der Waals surface area (Å²) in [7, 11) is 0. The number of nitrogens with one attached hydrogen (secondary N) is 1. The number of hydrogen-bond acceptors (Lipinski definition) is 4. The maximum atomic E-state index is 6.36. The van der Waals surface area contributed by atoms with Crippen LogP contribution in [0.15, 0.2) is 60.7 Å². The molecule has 0 radical (unpaired) electrons. The number of fused-ring (bicyclic) bond motifs is 1. The number of rotatable bonds is 4. The quantitative estimate of drug-likeness (QED) is 0.360. The lowest BCUT2D eigenvalue weighted by Crippen LogP contribution is -2.02. The number of H-pyrrole nitrogens is 1. The molecule has 8 heteroatoms. The van der Waals surface area contributed by atoms with Crippen LogP contribution in [0.5, 0.6) is 0 Å². The lowest BCUT2D eigenvalue weighted by Gasteiger charge is -2.11. The Labute approximate surface area is 190 Å². The van der Waals surface area contributed by atoms with Gasteiger partial charge in [0.25, 0.3) is 0 Å². The van der Waals surface area contributed by atoms with Crippen LogP contribution in [-0.2, 0) is 6.54 Å². The van der Waals surface area contributed by atoms with E-state index in [1.165, 1.54) is 5.56 Å². The fraction of sp³-hybridized carbons (Fsp3) is 0.130. The molecule has 3 aromatic heterocycles. The Morgan fingerprint density at radius 3 is 2.42 bits per heavy atom. The second-order valence-corrected chi connectivity index (χ2v) is 7.71. The SMILES string of the molecule is Cc1cc2c(cc(C)n2Cc2ccc(-c3ccccc3-c3nnn[nH]3)cc2)c(Cl)n1.Cl. The van der Waals surface area contributed by atoms with Crippen molar-refractivity contribution in [1.82, 2.24) is 30.2 Å². The highest BCUT2D eigenvalue weighted by Crippen LogP contribution is 2.31. The van der Waals surface area contributed by atoms with Crippen LogP contribution in [0.25, 0.3) is 33.4 Å². The molecule has 31 heavy (non-hydrogen) atoms. The fourth-order valence-electron chi connectivity index (χ4n) is 3.86. The number of nitrogens with zero attached hydrogens (tertiary/aromatic N) is 5. The van der Waals surface area contributed by atoms with Gasteiger partial charge in [-0.3, -0.25) is 0 Å². The molecule has 0 aliphatic rings. The summed E-state index contributed by atoms with van der Waals surface area (Å²) in [6, 6.07) is 20.9. The summed E-state index contributed by atoms with van der Waals surface area (Å²) < 4.78 is 2.28. The lowest BCUT2D eigenvalue weighted by atomic mass is 9.98. The summed E-state index contributed by atoms with van der Waals surface area (Å²) in [6.45, 7) is 4.83. The zero-order valence-electron chi connectivity index (χ0n) is 17.0. The molecule has 0 spiro atoms. The van der Waals surface area contributed by atoms with E-state index in [0.717, 1.165) is 45.5 Å². The summed E-state index contributed by atoms with van der Waals surface area (Å²) in [5.41, 5.74) is 7.56. The van der Waals surface area contributed by atoms with Crippen LogP contribution in [0.1, 0.15) is 17.0 Å². The molecule has 0 bridgehead atoms. The Balaban J connectivity index is 0.00000231. The average Bonchev–Trinajstić information content (AvgIpc) is 3.38. The topological polar surface area (TPSA) is 72.3 Å². The standard InChI is InChI=1S/C23H19ClN6.ClH/c1-14-11-21-20(22(24)25-14)12-15(2)30(21)13-16-7-9-17(10-8-16)18-5-3-4-6-19(18)23-26-28-29-27-23;/h3-12H,13H2,1-2H3,(H,26,27,28,29);1H. The predicted molar refractivity (Wildman–Crippen MR) is 126 cm³/mol. The molecule has 6 nitrogen and oxygen atoms in total. The van der Waals surface area contributed by atoms with Crippen molar-refractivity contribution in [2.24, 2.45) is 0 Å². The van der Waals surface area contributed by atoms with Crippen molar-refractivity contribution in [2.45, 2.75) is 20.4 Å². The first-order valence-corrected chi connectivity index (χ1v) is 10.0. The molecule has 0 unspecified atom stereocenters. The van der Waals surface area contributed by atoms with Gasteiger partial charge in [0.05, 0.1) is 5.52 Å². The van der Waals surface area contributed by atoms with E-state index in [-0.39, 0.29) is 12.4 Å². The van der Waals surface area contributed by atoms with Gasteiger partial charge in [-0.1, -0.05) is 60.1 Å². The van der Waals surface area contributed by atoms with Crippen molar-refractivity contribution < 1.29 is 0 Å². The number of tetrazole rings is 1. The smallest absolute Gasteiger partial charge is 0.180 e. The van der Waals surface area contributed by atoms with E-state index in [2.05, 4.69) is 79.6 Å². The summed E-state index contributed by atoms with van der Waals surface area (Å²) in [4.78, 5) is 4.37. The highest BCUT2D eigenvalue weighted by atomic mass is 35.5. The summed E-state index contributed by atoms with van der Waals surface area (Å²) in [5.74, 6) is 0.657. The van der Waals surface area contributed by atoms with Gasteiger partial charge in [0.2, 0.25) is 0 Å². The highest BCUT2D eigenvalue weighted by Gasteiger charge is 2.12. The lowest BCUT2D eigenvalue weighted by molar-refractivity contribution is 0.804. The zero-order chi connectivity index (χ0) is 20.7. The number of halogens is 2. The van der Waals surface area contributed by atoms with Gasteiger partial charge in [-0.15, -0.1) is 17.5 Å². The molecular weight excluding hydrogens is 431 g/mol. The van der Waals surface area contributed by atoms with Gasteiger partial charge in [0.15, 0.2) is 5.82 Å². The van der Waals surface area contributed by atoms with Crippen LogP contribution in [-0.4, -0.2) is 30.2 Å². The van der Waals surface area contributed by atoms with Gasteiger partial charge in [0.1, 0.15) is 5.15 Å². The average molecular weight is 451 g/mol. The van der Waals surface area contributed by atoms with Gasteiger partial charge < -0.3 is 4.57 Å². The number of benzene rings is 2. The summed E-state index contributed by atoms with van der Waals surface area (Å²) in [6.07, 6.45) is 0. The molecule has 0 aliphatic heterocycles. The van der Waals surface area contributed by atoms with Crippen molar-refractivity contribution in [3.05, 3.63) is 82.8 Å². The summed E-state index contributed by atoms with van der Waals surface area (Å²) >= 11 is 6.36. The third-order valence-corrected chi connectivity index (χ3v) is 5.61. The molecule has 5 aromatic rings. The Kier molecular flexibility index (Phi) is 5.76. The minimum absolute atomic E-state index is 0. The number of aryl methyl sites for hydroxylation is 2. The molecule has 0 atom stereocenters. The van der Waals surface area contributed by atoms with E-state index in [0.29, 0.717) is 11.0 Å². The van der Waals surface area contributed by atoms with Crippen LogP contribution in [0, 0.1) is 13.8 Å². The molecular formula is C23H20Cl2N6. The van der Waals surface area contributed by atoms with Crippen molar-refractivity contribution in [3.63, 3.8) is 0 Å². The first-order valence-electron chi connectivity index (χ1n) is 9.65. The first kappa shape index (κ1) is 21.0. The van der Waals surface area contributed by atoms with Gasteiger partial charge in [0, 0.05) is 28.9 Å². The van der Waals surface area contributed by atoms with E-state index < -0.39 is 0 Å². The Bertz CT molecular complexity index is 1340. The molecule has 0 saturated heterocycles. The largest absolute Gasteiger partial charge is 0.340 e. The molecule has 0 aliphatic carbocycles. The minimum Gasteiger partial charge on any atom is -0.340 e. The van der Waals surface area contributed by atoms with Crippen LogP contribution in [0.3, 0.4) is 0 Å². The van der Waals surface area contributed by atoms with Crippen molar-refractivity contribution in [3.8, 4) is 22.5 Å². The minimum atomic E-state index is 0. The van der Waals surface area contributed by atoms with Crippen molar-refractivity contribution >= 4 is 34.9 Å². The fourth-order valence-corrected chi connectivity index (χ4v) is 4.14. The normalized spacial score (nSPS) is 10.9. The number of aromatic nitrogens is 6. The van der Waals surface area contributed by atoms with Crippen molar-refractivity contribution in [1.29, 1.82) is 0 Å². The Morgan fingerprint density at radius 1 is 0.968 bits per heavy atom. The van der Waals surface area contributed by atoms with Crippen molar-refractivity contribution in [2.75, 3.05) is 0 Å². The van der Waals surface area contributed by atoms with Gasteiger partial charge >= 0.3 is 0 Å². The van der Waals surface area contributed by atoms with E-state index in [1.807, 2.05) is 25.1 Å². The number of aromatic amines is 1. The highest BCUT2D eigenvalue weighted by molar-refractivity contribution is 6.34. The molecule has 5 rings (SSSR count). The molecule has 2 aromatic carbocycles. The Morgan fingerprint density at radius 2 is 1.71 bits per heavy atom. The molecule has 0 fully saturated rings. The monoisotopic (exact) mass is 450 g/mol. The molecule has 0 saturated carbocycles. The van der Waals surface area contributed by atoms with Gasteiger partial charge in [-0.05, 0) is 53.1 Å². The van der Waals surface area contributed by atoms with Crippen LogP contribution < -0.4 is 0 Å². The van der Waals surface area contributed by atoms with Gasteiger partial charge in [-0.25, -0.2) is 10.1 Å². The molecule has 156 valence electrons. The molecule has 3 heterocycles. The van der Waals surface area contributed by atoms with E-state index >= 15 is 0 Å². The second kappa shape index (κ2) is 8.49. The van der Waals surface area contributed by atoms with Crippen LogP contribution >= 0.6 is 24.0 Å². The maximum Gasteiger partial charge on any atom is 0.180 e. The molecule has 1 N–H and O–H groups in total. The van der Waals surface area contributed by atoms with Crippen LogP contribution in [0.4, 0.5) is 0 Å². The number of pyridine rings is 1. The van der Waals surface area contributed by atoms with Gasteiger partial charge in [-0.2, -0.15) is 0 Å². The Hall–Kier alpha value is -3.22. The predicted octanol–water partition coefficient (Wildman–Crippen LogP) is 5.62. The second-order valence-electron chi connectivity index (χ2n) is 7.35. The van der Waals surface area contributed by atoms with E-state index in [1.54, 1.807) is 0 Å². The van der Waals surface area contributed by atoms with Crippen LogP contribution in [0.2, 0.25) is 5.15 Å². The first-order chi connectivity index (χ1) is 14.6. The summed E-state index contributed by atoms with van der Waals surface area (Å²) in [5, 5.41) is 15.8. The van der Waals surface area contributed by atoms with E-state index in [9.17, 15) is 0 Å². The third kappa shape index (κ3) is 3.92. The van der Waals surface area contributed by atoms with E-state index in [4.69, 9.17) is 11.6 Å². The third-order valence-electron chi connectivity index (χ3n) is 5.32.